The molecule has 0 unspecified atom stereocenters. The first kappa shape index (κ1) is 16.2. The molecule has 1 aliphatic rings. The van der Waals surface area contributed by atoms with Crippen LogP contribution in [0.4, 0.5) is 0 Å². The summed E-state index contributed by atoms with van der Waals surface area (Å²) in [4.78, 5) is 9.19. The summed E-state index contributed by atoms with van der Waals surface area (Å²) in [5.41, 5.74) is 2.20. The second kappa shape index (κ2) is 7.33. The van der Waals surface area contributed by atoms with Crippen molar-refractivity contribution < 1.29 is 4.74 Å². The molecule has 3 heterocycles. The fourth-order valence-corrected chi connectivity index (χ4v) is 3.53. The summed E-state index contributed by atoms with van der Waals surface area (Å²) in [5.74, 6) is 1.51. The Morgan fingerprint density at radius 3 is 3.04 bits per heavy atom. The number of aromatic nitrogens is 3. The number of aryl methyl sites for hydroxylation is 1. The molecule has 1 aromatic carbocycles. The van der Waals surface area contributed by atoms with Crippen molar-refractivity contribution in [3.8, 4) is 0 Å². The lowest BCUT2D eigenvalue weighted by molar-refractivity contribution is 0.0812. The largest absolute Gasteiger partial charge is 0.370 e. The van der Waals surface area contributed by atoms with Gasteiger partial charge in [-0.05, 0) is 18.6 Å². The fraction of sp³-hybridized carbons (Fsp3) is 0.400. The van der Waals surface area contributed by atoms with Gasteiger partial charge in [-0.2, -0.15) is 0 Å². The minimum absolute atomic E-state index is 0.103. The van der Waals surface area contributed by atoms with Crippen LogP contribution in [0.3, 0.4) is 0 Å². The highest BCUT2D eigenvalue weighted by Crippen LogP contribution is 2.32. The first-order valence-electron chi connectivity index (χ1n) is 8.95. The summed E-state index contributed by atoms with van der Waals surface area (Å²) in [6.45, 7) is 2.69. The van der Waals surface area contributed by atoms with Crippen LogP contribution in [0.5, 0.6) is 0 Å². The van der Waals surface area contributed by atoms with Crippen LogP contribution in [0.2, 0.25) is 0 Å². The molecule has 130 valence electrons. The van der Waals surface area contributed by atoms with Gasteiger partial charge in [-0.25, -0.2) is 4.98 Å². The third-order valence-corrected chi connectivity index (χ3v) is 4.95. The van der Waals surface area contributed by atoms with Crippen molar-refractivity contribution in [2.45, 2.75) is 18.9 Å². The van der Waals surface area contributed by atoms with Crippen LogP contribution in [0.25, 0.3) is 10.9 Å². The summed E-state index contributed by atoms with van der Waals surface area (Å²) in [6, 6.07) is 12.5. The Balaban J connectivity index is 1.30. The van der Waals surface area contributed by atoms with Gasteiger partial charge in [0.2, 0.25) is 0 Å². The van der Waals surface area contributed by atoms with Crippen molar-refractivity contribution in [2.75, 3.05) is 19.7 Å². The molecular weight excluding hydrogens is 312 g/mol. The lowest BCUT2D eigenvalue weighted by Crippen LogP contribution is -2.27. The molecule has 1 aliphatic heterocycles. The summed E-state index contributed by atoms with van der Waals surface area (Å²) in [6.07, 6.45) is 5.94. The standard InChI is InChI=1S/C20H24N4O/c1-24-12-11-22-20(24)19-16(9-13-25-19)14-21-10-8-17-7-6-15-4-2-3-5-18(15)23-17/h2-7,11-12,16,19,21H,8-10,13-14H2,1H3/t16-,19+/m0/s1. The Kier molecular flexibility index (Phi) is 4.76. The molecule has 1 N–H and O–H groups in total. The Morgan fingerprint density at radius 1 is 1.24 bits per heavy atom. The predicted octanol–water partition coefficient (Wildman–Crippen LogP) is 2.88. The number of nitrogens with zero attached hydrogens (tertiary/aromatic N) is 3. The zero-order valence-corrected chi connectivity index (χ0v) is 14.6. The van der Waals surface area contributed by atoms with Gasteiger partial charge in [0.1, 0.15) is 11.9 Å². The third kappa shape index (κ3) is 3.57. The van der Waals surface area contributed by atoms with Crippen LogP contribution in [0, 0.1) is 5.92 Å². The van der Waals surface area contributed by atoms with E-state index in [-0.39, 0.29) is 6.10 Å². The molecule has 0 amide bonds. The minimum atomic E-state index is 0.103. The van der Waals surface area contributed by atoms with Gasteiger partial charge in [-0.3, -0.25) is 4.98 Å². The molecule has 0 spiro atoms. The maximum Gasteiger partial charge on any atom is 0.137 e. The van der Waals surface area contributed by atoms with Crippen LogP contribution in [-0.2, 0) is 18.2 Å². The van der Waals surface area contributed by atoms with E-state index in [1.165, 1.54) is 5.39 Å². The van der Waals surface area contributed by atoms with Gasteiger partial charge in [0, 0.05) is 62.6 Å². The topological polar surface area (TPSA) is 52.0 Å². The molecule has 1 saturated heterocycles. The van der Waals surface area contributed by atoms with Crippen LogP contribution in [-0.4, -0.2) is 34.2 Å². The van der Waals surface area contributed by atoms with Crippen molar-refractivity contribution in [2.24, 2.45) is 13.0 Å². The SMILES string of the molecule is Cn1ccnc1[C@@H]1OCC[C@H]1CNCCc1ccc2ccccc2n1. The molecule has 5 nitrogen and oxygen atoms in total. The van der Waals surface area contributed by atoms with E-state index in [1.807, 2.05) is 31.6 Å². The average Bonchev–Trinajstić information content (AvgIpc) is 3.27. The Morgan fingerprint density at radius 2 is 2.16 bits per heavy atom. The quantitative estimate of drug-likeness (QED) is 0.703. The van der Waals surface area contributed by atoms with Crippen molar-refractivity contribution in [1.29, 1.82) is 0 Å². The van der Waals surface area contributed by atoms with Gasteiger partial charge < -0.3 is 14.6 Å². The second-order valence-electron chi connectivity index (χ2n) is 6.69. The first-order chi connectivity index (χ1) is 12.3. The molecule has 2 atom stereocenters. The summed E-state index contributed by atoms with van der Waals surface area (Å²) < 4.78 is 7.98. The second-order valence-corrected chi connectivity index (χ2v) is 6.69. The number of hydrogen-bond donors (Lipinski definition) is 1. The number of hydrogen-bond acceptors (Lipinski definition) is 4. The van der Waals surface area contributed by atoms with E-state index in [0.717, 1.165) is 49.6 Å². The number of benzene rings is 1. The molecule has 0 aliphatic carbocycles. The van der Waals surface area contributed by atoms with Crippen molar-refractivity contribution >= 4 is 10.9 Å². The predicted molar refractivity (Wildman–Crippen MR) is 98.3 cm³/mol. The number of ether oxygens (including phenoxy) is 1. The van der Waals surface area contributed by atoms with Gasteiger partial charge in [0.05, 0.1) is 5.52 Å². The normalized spacial score (nSPS) is 20.4. The number of pyridine rings is 1. The highest BCUT2D eigenvalue weighted by Gasteiger charge is 2.31. The summed E-state index contributed by atoms with van der Waals surface area (Å²) in [5, 5.41) is 4.77. The van der Waals surface area contributed by atoms with E-state index in [0.29, 0.717) is 5.92 Å². The zero-order valence-electron chi connectivity index (χ0n) is 14.6. The fourth-order valence-electron chi connectivity index (χ4n) is 3.53. The monoisotopic (exact) mass is 336 g/mol. The smallest absolute Gasteiger partial charge is 0.137 e. The number of nitrogens with one attached hydrogen (secondary N) is 1. The van der Waals surface area contributed by atoms with Gasteiger partial charge in [-0.1, -0.05) is 24.3 Å². The molecule has 4 rings (SSSR count). The van der Waals surface area contributed by atoms with Crippen molar-refractivity contribution in [3.63, 3.8) is 0 Å². The Bertz CT molecular complexity index is 844. The Labute approximate surface area is 148 Å². The van der Waals surface area contributed by atoms with Gasteiger partial charge in [0.15, 0.2) is 0 Å². The van der Waals surface area contributed by atoms with E-state index < -0.39 is 0 Å². The van der Waals surface area contributed by atoms with E-state index in [1.54, 1.807) is 0 Å². The molecule has 3 aromatic rings. The van der Waals surface area contributed by atoms with Gasteiger partial charge in [0.25, 0.3) is 0 Å². The minimum Gasteiger partial charge on any atom is -0.370 e. The van der Waals surface area contributed by atoms with Crippen molar-refractivity contribution in [1.82, 2.24) is 19.9 Å². The van der Waals surface area contributed by atoms with Gasteiger partial charge in [-0.15, -0.1) is 0 Å². The first-order valence-corrected chi connectivity index (χ1v) is 8.95. The average molecular weight is 336 g/mol. The molecule has 25 heavy (non-hydrogen) atoms. The lowest BCUT2D eigenvalue weighted by Gasteiger charge is -2.18. The Hall–Kier alpha value is -2.24. The molecule has 0 bridgehead atoms. The molecule has 2 aromatic heterocycles. The zero-order chi connectivity index (χ0) is 17.1. The van der Waals surface area contributed by atoms with Crippen LogP contribution in [0.1, 0.15) is 24.0 Å². The van der Waals surface area contributed by atoms with E-state index >= 15 is 0 Å². The number of imidazole rings is 1. The van der Waals surface area contributed by atoms with E-state index in [9.17, 15) is 0 Å². The van der Waals surface area contributed by atoms with Crippen molar-refractivity contribution in [3.05, 3.63) is 60.3 Å². The van der Waals surface area contributed by atoms with Gasteiger partial charge >= 0.3 is 0 Å². The van der Waals surface area contributed by atoms with Crippen LogP contribution < -0.4 is 5.32 Å². The molecular formula is C20H24N4O. The molecule has 1 fully saturated rings. The number of rotatable bonds is 6. The third-order valence-electron chi connectivity index (χ3n) is 4.95. The van der Waals surface area contributed by atoms with E-state index in [2.05, 4.69) is 39.1 Å². The maximum atomic E-state index is 5.92. The van der Waals surface area contributed by atoms with E-state index in [4.69, 9.17) is 9.72 Å². The molecule has 0 radical (unpaired) electrons. The number of para-hydroxylation sites is 1. The highest BCUT2D eigenvalue weighted by molar-refractivity contribution is 5.78. The highest BCUT2D eigenvalue weighted by atomic mass is 16.5. The number of fused-ring (bicyclic) bond motifs is 1. The summed E-state index contributed by atoms with van der Waals surface area (Å²) in [7, 11) is 2.03. The molecule has 0 saturated carbocycles. The molecule has 5 heteroatoms. The van der Waals surface area contributed by atoms with Crippen LogP contribution >= 0.6 is 0 Å². The lowest BCUT2D eigenvalue weighted by atomic mass is 10.0. The van der Waals surface area contributed by atoms with Crippen LogP contribution in [0.15, 0.2) is 48.8 Å². The summed E-state index contributed by atoms with van der Waals surface area (Å²) >= 11 is 0. The maximum absolute atomic E-state index is 5.92.